The second kappa shape index (κ2) is 9.23. The molecule has 116 valence electrons. The molecule has 0 atom stereocenters. The van der Waals surface area contributed by atoms with E-state index in [2.05, 4.69) is 5.32 Å². The maximum atomic E-state index is 12.0. The smallest absolute Gasteiger partial charge is 0.303 e. The van der Waals surface area contributed by atoms with Gasteiger partial charge >= 0.3 is 5.97 Å². The van der Waals surface area contributed by atoms with E-state index in [0.29, 0.717) is 29.3 Å². The Hall–Kier alpha value is -1.75. The number of hydrogen-bond acceptors (Lipinski definition) is 3. The molecule has 0 saturated carbocycles. The number of halogens is 1. The Balaban J connectivity index is 2.31. The molecule has 0 aromatic heterocycles. The minimum absolute atomic E-state index is 0.200. The van der Waals surface area contributed by atoms with E-state index in [1.54, 1.807) is 18.2 Å². The zero-order valence-electron chi connectivity index (χ0n) is 12.0. The number of unbranched alkanes of at least 4 members (excludes halogenated alkanes) is 3. The van der Waals surface area contributed by atoms with Crippen molar-refractivity contribution in [3.05, 3.63) is 28.8 Å². The predicted molar refractivity (Wildman–Crippen MR) is 81.1 cm³/mol. The summed E-state index contributed by atoms with van der Waals surface area (Å²) in [7, 11) is 1.50. The summed E-state index contributed by atoms with van der Waals surface area (Å²) in [6.07, 6.45) is 3.43. The minimum atomic E-state index is -0.767. The van der Waals surface area contributed by atoms with Gasteiger partial charge in [-0.1, -0.05) is 24.4 Å². The average molecular weight is 314 g/mol. The highest BCUT2D eigenvalue weighted by molar-refractivity contribution is 6.31. The standard InChI is InChI=1S/C15H20ClNO4/c1-21-13-8-7-11(16)10-12(13)15(20)17-9-5-3-2-4-6-14(18)19/h7-8,10H,2-6,9H2,1H3,(H,17,20)(H,18,19). The first kappa shape index (κ1) is 17.3. The van der Waals surface area contributed by atoms with Crippen LogP contribution in [0.2, 0.25) is 5.02 Å². The molecule has 21 heavy (non-hydrogen) atoms. The van der Waals surface area contributed by atoms with Crippen molar-refractivity contribution in [2.24, 2.45) is 0 Å². The van der Waals surface area contributed by atoms with Gasteiger partial charge in [0.25, 0.3) is 5.91 Å². The van der Waals surface area contributed by atoms with Crippen LogP contribution >= 0.6 is 11.6 Å². The van der Waals surface area contributed by atoms with Crippen LogP contribution in [0.4, 0.5) is 0 Å². The van der Waals surface area contributed by atoms with Gasteiger partial charge in [0.1, 0.15) is 5.75 Å². The lowest BCUT2D eigenvalue weighted by Gasteiger charge is -2.09. The van der Waals surface area contributed by atoms with Crippen molar-refractivity contribution in [3.8, 4) is 5.75 Å². The van der Waals surface area contributed by atoms with E-state index in [1.165, 1.54) is 7.11 Å². The number of carboxylic acids is 1. The summed E-state index contributed by atoms with van der Waals surface area (Å²) < 4.78 is 5.13. The van der Waals surface area contributed by atoms with Crippen molar-refractivity contribution in [2.45, 2.75) is 32.1 Å². The second-order valence-electron chi connectivity index (χ2n) is 4.66. The SMILES string of the molecule is COc1ccc(Cl)cc1C(=O)NCCCCCCC(=O)O. The van der Waals surface area contributed by atoms with Crippen LogP contribution in [-0.2, 0) is 4.79 Å². The van der Waals surface area contributed by atoms with Gasteiger partial charge in [-0.25, -0.2) is 0 Å². The number of benzene rings is 1. The Morgan fingerprint density at radius 1 is 1.24 bits per heavy atom. The van der Waals surface area contributed by atoms with Gasteiger partial charge in [-0.15, -0.1) is 0 Å². The van der Waals surface area contributed by atoms with Crippen LogP contribution < -0.4 is 10.1 Å². The molecule has 2 N–H and O–H groups in total. The van der Waals surface area contributed by atoms with E-state index < -0.39 is 5.97 Å². The minimum Gasteiger partial charge on any atom is -0.496 e. The fraction of sp³-hybridized carbons (Fsp3) is 0.467. The molecule has 5 nitrogen and oxygen atoms in total. The predicted octanol–water partition coefficient (Wildman–Crippen LogP) is 3.11. The molecular formula is C15H20ClNO4. The van der Waals surface area contributed by atoms with Crippen LogP contribution in [0.25, 0.3) is 0 Å². The van der Waals surface area contributed by atoms with Gasteiger partial charge in [-0.05, 0) is 31.0 Å². The number of carbonyl (C=O) groups excluding carboxylic acids is 1. The molecule has 0 spiro atoms. The number of hydrogen-bond donors (Lipinski definition) is 2. The van der Waals surface area contributed by atoms with E-state index in [0.717, 1.165) is 19.3 Å². The summed E-state index contributed by atoms with van der Waals surface area (Å²) >= 11 is 5.88. The Labute approximate surface area is 129 Å². The summed E-state index contributed by atoms with van der Waals surface area (Å²) in [6.45, 7) is 0.543. The van der Waals surface area contributed by atoms with Crippen LogP contribution in [0.3, 0.4) is 0 Å². The van der Waals surface area contributed by atoms with Crippen LogP contribution in [0.1, 0.15) is 42.5 Å². The lowest BCUT2D eigenvalue weighted by molar-refractivity contribution is -0.137. The molecule has 0 aliphatic carbocycles. The van der Waals surface area contributed by atoms with Crippen LogP contribution in [0, 0.1) is 0 Å². The molecule has 1 aromatic carbocycles. The molecule has 0 heterocycles. The number of nitrogens with one attached hydrogen (secondary N) is 1. The van der Waals surface area contributed by atoms with Gasteiger partial charge in [0.15, 0.2) is 0 Å². The number of amides is 1. The van der Waals surface area contributed by atoms with Crippen LogP contribution in [0.15, 0.2) is 18.2 Å². The maximum Gasteiger partial charge on any atom is 0.303 e. The third-order valence-corrected chi connectivity index (χ3v) is 3.24. The molecule has 0 unspecified atom stereocenters. The van der Waals surface area contributed by atoms with Crippen LogP contribution in [0.5, 0.6) is 5.75 Å². The van der Waals surface area contributed by atoms with E-state index in [-0.39, 0.29) is 12.3 Å². The first-order valence-corrected chi connectivity index (χ1v) is 7.26. The third kappa shape index (κ3) is 6.49. The molecule has 0 radical (unpaired) electrons. The Kier molecular flexibility index (Phi) is 7.61. The zero-order chi connectivity index (χ0) is 15.7. The Morgan fingerprint density at radius 2 is 1.95 bits per heavy atom. The molecule has 0 aliphatic rings. The first-order chi connectivity index (χ1) is 10.0. The maximum absolute atomic E-state index is 12.0. The monoisotopic (exact) mass is 313 g/mol. The summed E-state index contributed by atoms with van der Waals surface area (Å²) in [5, 5.41) is 11.8. The Bertz CT molecular complexity index is 491. The zero-order valence-corrected chi connectivity index (χ0v) is 12.8. The van der Waals surface area contributed by atoms with Crippen molar-refractivity contribution in [1.82, 2.24) is 5.32 Å². The molecule has 0 saturated heterocycles. The van der Waals surface area contributed by atoms with Crippen molar-refractivity contribution < 1.29 is 19.4 Å². The molecule has 1 aromatic rings. The largest absolute Gasteiger partial charge is 0.496 e. The number of carbonyl (C=O) groups is 2. The summed E-state index contributed by atoms with van der Waals surface area (Å²) in [6, 6.07) is 4.89. The van der Waals surface area contributed by atoms with Gasteiger partial charge in [0.2, 0.25) is 0 Å². The number of rotatable bonds is 9. The number of methoxy groups -OCH3 is 1. The molecule has 1 rings (SSSR count). The normalized spacial score (nSPS) is 10.2. The van der Waals surface area contributed by atoms with Gasteiger partial charge < -0.3 is 15.2 Å². The highest BCUT2D eigenvalue weighted by Crippen LogP contribution is 2.22. The number of carboxylic acid groups (broad SMARTS) is 1. The highest BCUT2D eigenvalue weighted by atomic mass is 35.5. The molecule has 0 aliphatic heterocycles. The summed E-state index contributed by atoms with van der Waals surface area (Å²) in [5.41, 5.74) is 0.413. The van der Waals surface area contributed by atoms with Gasteiger partial charge in [0.05, 0.1) is 12.7 Å². The highest BCUT2D eigenvalue weighted by Gasteiger charge is 2.12. The average Bonchev–Trinajstić information content (AvgIpc) is 2.45. The van der Waals surface area contributed by atoms with Crippen molar-refractivity contribution in [1.29, 1.82) is 0 Å². The lowest BCUT2D eigenvalue weighted by Crippen LogP contribution is -2.24. The fourth-order valence-corrected chi connectivity index (χ4v) is 2.08. The van der Waals surface area contributed by atoms with E-state index >= 15 is 0 Å². The van der Waals surface area contributed by atoms with Crippen LogP contribution in [-0.4, -0.2) is 30.6 Å². The van der Waals surface area contributed by atoms with Crippen molar-refractivity contribution in [2.75, 3.05) is 13.7 Å². The summed E-state index contributed by atoms with van der Waals surface area (Å²) in [5.74, 6) is -0.505. The van der Waals surface area contributed by atoms with Gasteiger partial charge in [-0.3, -0.25) is 9.59 Å². The first-order valence-electron chi connectivity index (χ1n) is 6.88. The molecule has 6 heteroatoms. The van der Waals surface area contributed by atoms with E-state index in [9.17, 15) is 9.59 Å². The van der Waals surface area contributed by atoms with Crippen molar-refractivity contribution >= 4 is 23.5 Å². The topological polar surface area (TPSA) is 75.6 Å². The quantitative estimate of drug-likeness (QED) is 0.687. The molecule has 1 amide bonds. The number of ether oxygens (including phenoxy) is 1. The molecule has 0 fully saturated rings. The lowest BCUT2D eigenvalue weighted by atomic mass is 10.1. The van der Waals surface area contributed by atoms with Gasteiger partial charge in [-0.2, -0.15) is 0 Å². The molecular weight excluding hydrogens is 294 g/mol. The van der Waals surface area contributed by atoms with E-state index in [1.807, 2.05) is 0 Å². The summed E-state index contributed by atoms with van der Waals surface area (Å²) in [4.78, 5) is 22.4. The second-order valence-corrected chi connectivity index (χ2v) is 5.09. The van der Waals surface area contributed by atoms with E-state index in [4.69, 9.17) is 21.4 Å². The Morgan fingerprint density at radius 3 is 2.62 bits per heavy atom. The van der Waals surface area contributed by atoms with Crippen molar-refractivity contribution in [3.63, 3.8) is 0 Å². The molecule has 0 bridgehead atoms. The number of aliphatic carboxylic acids is 1. The third-order valence-electron chi connectivity index (χ3n) is 3.01. The van der Waals surface area contributed by atoms with Gasteiger partial charge in [0, 0.05) is 18.0 Å². The fourth-order valence-electron chi connectivity index (χ4n) is 1.91.